The Morgan fingerprint density at radius 3 is 2.29 bits per heavy atom. The predicted molar refractivity (Wildman–Crippen MR) is 51.5 cm³/mol. The number of rotatable bonds is 3. The number of carbonyl (C=O) groups excluding carboxylic acids is 1. The van der Waals surface area contributed by atoms with E-state index in [9.17, 15) is 9.59 Å². The molecule has 1 aromatic carbocycles. The molecule has 0 saturated heterocycles. The largest absolute Gasteiger partial charge is 0.478 e. The van der Waals surface area contributed by atoms with Crippen molar-refractivity contribution in [3.63, 3.8) is 0 Å². The summed E-state index contributed by atoms with van der Waals surface area (Å²) >= 11 is 0. The molecule has 1 aromatic rings. The second kappa shape index (κ2) is 3.78. The van der Waals surface area contributed by atoms with Crippen LogP contribution >= 0.6 is 0 Å². The number of hydrogen-bond donors (Lipinski definition) is 3. The van der Waals surface area contributed by atoms with Crippen LogP contribution in [-0.4, -0.2) is 24.0 Å². The molecule has 0 saturated carbocycles. The van der Waals surface area contributed by atoms with Gasteiger partial charge in [0.15, 0.2) is 0 Å². The fourth-order valence-electron chi connectivity index (χ4n) is 1.04. The molecular formula is C9H10N2O3. The van der Waals surface area contributed by atoms with Crippen LogP contribution in [0.4, 0.5) is 5.69 Å². The monoisotopic (exact) mass is 194 g/mol. The Kier molecular flexibility index (Phi) is 2.71. The maximum Gasteiger partial charge on any atom is 0.335 e. The minimum Gasteiger partial charge on any atom is -0.478 e. The highest BCUT2D eigenvalue weighted by Gasteiger charge is 2.09. The van der Waals surface area contributed by atoms with Crippen molar-refractivity contribution in [3.05, 3.63) is 29.3 Å². The third-order valence-corrected chi connectivity index (χ3v) is 1.75. The van der Waals surface area contributed by atoms with E-state index in [-0.39, 0.29) is 11.1 Å². The van der Waals surface area contributed by atoms with Crippen LogP contribution in [0.25, 0.3) is 0 Å². The Hall–Kier alpha value is -2.04. The average Bonchev–Trinajstić information content (AvgIpc) is 2.16. The first-order chi connectivity index (χ1) is 6.54. The van der Waals surface area contributed by atoms with Crippen LogP contribution < -0.4 is 11.1 Å². The zero-order valence-corrected chi connectivity index (χ0v) is 7.57. The molecule has 0 bridgehead atoms. The molecule has 5 nitrogen and oxygen atoms in total. The van der Waals surface area contributed by atoms with E-state index >= 15 is 0 Å². The topological polar surface area (TPSA) is 92.4 Å². The van der Waals surface area contributed by atoms with Gasteiger partial charge in [-0.2, -0.15) is 0 Å². The van der Waals surface area contributed by atoms with Gasteiger partial charge in [-0.25, -0.2) is 4.79 Å². The lowest BCUT2D eigenvalue weighted by Gasteiger charge is -2.04. The fourth-order valence-corrected chi connectivity index (χ4v) is 1.04. The number of amides is 1. The number of nitrogens with one attached hydrogen (secondary N) is 1. The molecule has 0 heterocycles. The normalized spacial score (nSPS) is 9.50. The maximum atomic E-state index is 10.8. The summed E-state index contributed by atoms with van der Waals surface area (Å²) in [5, 5.41) is 11.5. The van der Waals surface area contributed by atoms with Gasteiger partial charge in [0.2, 0.25) is 5.91 Å². The first kappa shape index (κ1) is 10.0. The number of nitrogens with two attached hydrogens (primary N) is 1. The van der Waals surface area contributed by atoms with Crippen LogP contribution in [-0.2, 0) is 0 Å². The molecular weight excluding hydrogens is 184 g/mol. The Morgan fingerprint density at radius 1 is 1.29 bits per heavy atom. The van der Waals surface area contributed by atoms with E-state index < -0.39 is 11.9 Å². The molecule has 0 aliphatic heterocycles. The van der Waals surface area contributed by atoms with Crippen molar-refractivity contribution >= 4 is 17.6 Å². The zero-order valence-electron chi connectivity index (χ0n) is 7.57. The van der Waals surface area contributed by atoms with Crippen LogP contribution in [0.2, 0.25) is 0 Å². The summed E-state index contributed by atoms with van der Waals surface area (Å²) in [6.07, 6.45) is 0. The summed E-state index contributed by atoms with van der Waals surface area (Å²) in [7, 11) is 1.63. The summed E-state index contributed by atoms with van der Waals surface area (Å²) in [6.45, 7) is 0. The van der Waals surface area contributed by atoms with E-state index in [1.54, 1.807) is 7.05 Å². The van der Waals surface area contributed by atoms with Crippen LogP contribution in [0.15, 0.2) is 18.2 Å². The Morgan fingerprint density at radius 2 is 1.86 bits per heavy atom. The molecule has 0 fully saturated rings. The number of carboxylic acids is 1. The van der Waals surface area contributed by atoms with E-state index in [4.69, 9.17) is 10.8 Å². The second-order valence-electron chi connectivity index (χ2n) is 2.72. The molecule has 0 aliphatic rings. The molecule has 0 aromatic heterocycles. The Bertz CT molecular complexity index is 355. The van der Waals surface area contributed by atoms with Crippen LogP contribution in [0.5, 0.6) is 0 Å². The van der Waals surface area contributed by atoms with E-state index in [1.165, 1.54) is 18.2 Å². The van der Waals surface area contributed by atoms with E-state index in [1.807, 2.05) is 0 Å². The van der Waals surface area contributed by atoms with Crippen molar-refractivity contribution in [1.29, 1.82) is 0 Å². The number of aromatic carboxylic acids is 1. The molecule has 0 aliphatic carbocycles. The maximum absolute atomic E-state index is 10.8. The van der Waals surface area contributed by atoms with Gasteiger partial charge in [0, 0.05) is 18.3 Å². The predicted octanol–water partition coefficient (Wildman–Crippen LogP) is 0.525. The SMILES string of the molecule is CNc1cc(C(N)=O)cc(C(=O)O)c1. The smallest absolute Gasteiger partial charge is 0.335 e. The minimum absolute atomic E-state index is 0.0330. The van der Waals surface area contributed by atoms with Crippen molar-refractivity contribution in [3.8, 4) is 0 Å². The number of anilines is 1. The quantitative estimate of drug-likeness (QED) is 0.654. The van der Waals surface area contributed by atoms with Gasteiger partial charge < -0.3 is 16.2 Å². The summed E-state index contributed by atoms with van der Waals surface area (Å²) in [5.74, 6) is -1.74. The van der Waals surface area contributed by atoms with Gasteiger partial charge in [0.05, 0.1) is 5.56 Å². The lowest BCUT2D eigenvalue weighted by atomic mass is 10.1. The zero-order chi connectivity index (χ0) is 10.7. The minimum atomic E-state index is -1.09. The summed E-state index contributed by atoms with van der Waals surface area (Å²) in [4.78, 5) is 21.5. The van der Waals surface area contributed by atoms with Gasteiger partial charge >= 0.3 is 5.97 Å². The van der Waals surface area contributed by atoms with Crippen LogP contribution in [0.1, 0.15) is 20.7 Å². The van der Waals surface area contributed by atoms with Gasteiger partial charge in [-0.1, -0.05) is 0 Å². The standard InChI is InChI=1S/C9H10N2O3/c1-11-7-3-5(8(10)12)2-6(4-7)9(13)14/h2-4,11H,1H3,(H2,10,12)(H,13,14). The van der Waals surface area contributed by atoms with Crippen molar-refractivity contribution in [2.24, 2.45) is 5.73 Å². The summed E-state index contributed by atoms with van der Waals surface area (Å²) in [5.41, 5.74) is 5.80. The highest BCUT2D eigenvalue weighted by atomic mass is 16.4. The molecule has 1 rings (SSSR count). The summed E-state index contributed by atoms with van der Waals surface area (Å²) < 4.78 is 0. The third-order valence-electron chi connectivity index (χ3n) is 1.75. The Balaban J connectivity index is 3.27. The summed E-state index contributed by atoms with van der Waals surface area (Å²) in [6, 6.07) is 4.16. The second-order valence-corrected chi connectivity index (χ2v) is 2.72. The van der Waals surface area contributed by atoms with Crippen LogP contribution in [0, 0.1) is 0 Å². The molecule has 0 radical (unpaired) electrons. The Labute approximate surface area is 80.5 Å². The van der Waals surface area contributed by atoms with Crippen molar-refractivity contribution < 1.29 is 14.7 Å². The van der Waals surface area contributed by atoms with E-state index in [0.717, 1.165) is 0 Å². The number of primary amides is 1. The molecule has 14 heavy (non-hydrogen) atoms. The first-order valence-corrected chi connectivity index (χ1v) is 3.90. The fraction of sp³-hybridized carbons (Fsp3) is 0.111. The lowest BCUT2D eigenvalue weighted by Crippen LogP contribution is -2.12. The van der Waals surface area contributed by atoms with Crippen molar-refractivity contribution in [2.75, 3.05) is 12.4 Å². The van der Waals surface area contributed by atoms with E-state index in [2.05, 4.69) is 5.32 Å². The van der Waals surface area contributed by atoms with Gasteiger partial charge in [-0.3, -0.25) is 4.79 Å². The van der Waals surface area contributed by atoms with Gasteiger partial charge in [0.25, 0.3) is 0 Å². The van der Waals surface area contributed by atoms with Gasteiger partial charge in [-0.05, 0) is 18.2 Å². The molecule has 5 heteroatoms. The molecule has 0 atom stereocenters. The molecule has 74 valence electrons. The van der Waals surface area contributed by atoms with Crippen molar-refractivity contribution in [2.45, 2.75) is 0 Å². The van der Waals surface area contributed by atoms with Crippen molar-refractivity contribution in [1.82, 2.24) is 0 Å². The number of carboxylic acid groups (broad SMARTS) is 1. The number of carbonyl (C=O) groups is 2. The molecule has 1 amide bonds. The third kappa shape index (κ3) is 2.01. The molecule has 0 unspecified atom stereocenters. The van der Waals surface area contributed by atoms with Gasteiger partial charge in [-0.15, -0.1) is 0 Å². The van der Waals surface area contributed by atoms with Gasteiger partial charge in [0.1, 0.15) is 0 Å². The first-order valence-electron chi connectivity index (χ1n) is 3.90. The highest BCUT2D eigenvalue weighted by Crippen LogP contribution is 2.14. The molecule has 0 spiro atoms. The highest BCUT2D eigenvalue weighted by molar-refractivity contribution is 5.98. The number of hydrogen-bond acceptors (Lipinski definition) is 3. The lowest BCUT2D eigenvalue weighted by molar-refractivity contribution is 0.0697. The number of benzene rings is 1. The average molecular weight is 194 g/mol. The van der Waals surface area contributed by atoms with Crippen LogP contribution in [0.3, 0.4) is 0 Å². The molecule has 4 N–H and O–H groups in total. The van der Waals surface area contributed by atoms with E-state index in [0.29, 0.717) is 5.69 Å².